The number of hydrogen-bond donors (Lipinski definition) is 2. The van der Waals surface area contributed by atoms with Crippen molar-refractivity contribution in [1.82, 2.24) is 15.6 Å². The largest absolute Gasteiger partial charge is 0.497 e. The summed E-state index contributed by atoms with van der Waals surface area (Å²) in [6, 6.07) is 11.2. The molecule has 9 heteroatoms. The maximum absolute atomic E-state index is 12.8. The molecule has 7 nitrogen and oxygen atoms in total. The number of nitrogens with one attached hydrogen (secondary N) is 2. The van der Waals surface area contributed by atoms with Crippen molar-refractivity contribution in [2.75, 3.05) is 31.6 Å². The Kier molecular flexibility index (Phi) is 8.47. The number of pyridine rings is 1. The Labute approximate surface area is 187 Å². The van der Waals surface area contributed by atoms with Crippen LogP contribution in [-0.4, -0.2) is 50.3 Å². The van der Waals surface area contributed by atoms with Crippen LogP contribution in [0.5, 0.6) is 11.5 Å². The van der Waals surface area contributed by atoms with Crippen LogP contribution in [0.1, 0.15) is 31.0 Å². The maximum Gasteiger partial charge on any atom is 0.387 e. The van der Waals surface area contributed by atoms with Gasteiger partial charge in [0.25, 0.3) is 0 Å². The number of alkyl halides is 2. The van der Waals surface area contributed by atoms with Crippen molar-refractivity contribution in [2.45, 2.75) is 45.9 Å². The quantitative estimate of drug-likeness (QED) is 0.475. The number of methoxy groups -OCH3 is 1. The van der Waals surface area contributed by atoms with Gasteiger partial charge in [-0.3, -0.25) is 0 Å². The number of rotatable bonds is 8. The van der Waals surface area contributed by atoms with Crippen LogP contribution in [0.25, 0.3) is 0 Å². The highest BCUT2D eigenvalue weighted by Gasteiger charge is 2.21. The molecule has 1 aliphatic heterocycles. The van der Waals surface area contributed by atoms with Crippen LogP contribution in [-0.2, 0) is 6.54 Å². The summed E-state index contributed by atoms with van der Waals surface area (Å²) in [6.45, 7) is 3.77. The number of aromatic nitrogens is 1. The highest BCUT2D eigenvalue weighted by Crippen LogP contribution is 2.27. The number of piperidine rings is 1. The summed E-state index contributed by atoms with van der Waals surface area (Å²) in [7, 11) is 1.48. The zero-order chi connectivity index (χ0) is 22.9. The Morgan fingerprint density at radius 3 is 2.69 bits per heavy atom. The number of benzene rings is 1. The van der Waals surface area contributed by atoms with Crippen molar-refractivity contribution >= 4 is 11.8 Å². The molecule has 0 saturated carbocycles. The molecule has 1 fully saturated rings. The average molecular weight is 448 g/mol. The lowest BCUT2D eigenvalue weighted by Gasteiger charge is -2.34. The van der Waals surface area contributed by atoms with E-state index in [-0.39, 0.29) is 18.3 Å². The van der Waals surface area contributed by atoms with Gasteiger partial charge in [-0.05, 0) is 51.0 Å². The normalized spacial score (nSPS) is 15.1. The molecule has 174 valence electrons. The number of aryl methyl sites for hydroxylation is 1. The van der Waals surface area contributed by atoms with Crippen molar-refractivity contribution in [3.05, 3.63) is 47.7 Å². The number of anilines is 1. The topological polar surface area (TPSA) is 71.0 Å². The number of ether oxygens (including phenoxy) is 2. The van der Waals surface area contributed by atoms with Crippen LogP contribution in [0.2, 0.25) is 0 Å². The van der Waals surface area contributed by atoms with Crippen LogP contribution >= 0.6 is 0 Å². The molecule has 3 rings (SSSR count). The van der Waals surface area contributed by atoms with Crippen LogP contribution in [0.3, 0.4) is 0 Å². The SMILES string of the molecule is CCNC(=NCc1ccc(OC)cc1OC(F)F)NC1CCN(c2cccc(C)n2)CC1. The molecule has 2 aromatic rings. The van der Waals surface area contributed by atoms with Gasteiger partial charge >= 0.3 is 6.61 Å². The van der Waals surface area contributed by atoms with Gasteiger partial charge in [0.1, 0.15) is 17.3 Å². The van der Waals surface area contributed by atoms with Gasteiger partial charge in [-0.1, -0.05) is 6.07 Å². The third-order valence-corrected chi connectivity index (χ3v) is 5.28. The van der Waals surface area contributed by atoms with E-state index in [0.717, 1.165) is 37.4 Å². The zero-order valence-electron chi connectivity index (χ0n) is 18.8. The van der Waals surface area contributed by atoms with E-state index in [1.165, 1.54) is 13.2 Å². The first-order valence-corrected chi connectivity index (χ1v) is 10.8. The number of guanidine groups is 1. The molecule has 1 aromatic carbocycles. The number of nitrogens with zero attached hydrogens (tertiary/aromatic N) is 3. The lowest BCUT2D eigenvalue weighted by Crippen LogP contribution is -2.48. The summed E-state index contributed by atoms with van der Waals surface area (Å²) in [5.74, 6) is 2.18. The molecular weight excluding hydrogens is 416 g/mol. The fraction of sp³-hybridized carbons (Fsp3) is 0.478. The molecule has 2 heterocycles. The van der Waals surface area contributed by atoms with Gasteiger partial charge < -0.3 is 25.0 Å². The van der Waals surface area contributed by atoms with Gasteiger partial charge in [0.15, 0.2) is 5.96 Å². The summed E-state index contributed by atoms with van der Waals surface area (Å²) in [5.41, 5.74) is 1.57. The third-order valence-electron chi connectivity index (χ3n) is 5.28. The molecule has 0 unspecified atom stereocenters. The van der Waals surface area contributed by atoms with Gasteiger partial charge in [0.2, 0.25) is 0 Å². The molecule has 1 saturated heterocycles. The lowest BCUT2D eigenvalue weighted by atomic mass is 10.1. The van der Waals surface area contributed by atoms with Crippen molar-refractivity contribution in [1.29, 1.82) is 0 Å². The Balaban J connectivity index is 1.62. The molecule has 0 bridgehead atoms. The predicted octanol–water partition coefficient (Wildman–Crippen LogP) is 3.72. The van der Waals surface area contributed by atoms with Crippen LogP contribution in [0.4, 0.5) is 14.6 Å². The van der Waals surface area contributed by atoms with E-state index < -0.39 is 6.61 Å². The molecule has 1 aromatic heterocycles. The average Bonchev–Trinajstić information content (AvgIpc) is 2.78. The summed E-state index contributed by atoms with van der Waals surface area (Å²) in [6.07, 6.45) is 1.89. The summed E-state index contributed by atoms with van der Waals surface area (Å²) in [5, 5.41) is 6.70. The number of aliphatic imine (C=N–C) groups is 1. The molecule has 32 heavy (non-hydrogen) atoms. The van der Waals surface area contributed by atoms with E-state index in [9.17, 15) is 8.78 Å². The monoisotopic (exact) mass is 447 g/mol. The van der Waals surface area contributed by atoms with Crippen molar-refractivity contribution < 1.29 is 18.3 Å². The van der Waals surface area contributed by atoms with Crippen molar-refractivity contribution in [3.8, 4) is 11.5 Å². The third kappa shape index (κ3) is 6.70. The second-order valence-electron chi connectivity index (χ2n) is 7.59. The Morgan fingerprint density at radius 2 is 2.03 bits per heavy atom. The smallest absolute Gasteiger partial charge is 0.387 e. The fourth-order valence-corrected chi connectivity index (χ4v) is 3.63. The first kappa shape index (κ1) is 23.6. The number of halogens is 2. The van der Waals surface area contributed by atoms with Crippen molar-refractivity contribution in [3.63, 3.8) is 0 Å². The molecule has 1 aliphatic rings. The fourth-order valence-electron chi connectivity index (χ4n) is 3.63. The summed E-state index contributed by atoms with van der Waals surface area (Å²) in [4.78, 5) is 11.5. The predicted molar refractivity (Wildman–Crippen MR) is 122 cm³/mol. The van der Waals surface area contributed by atoms with Crippen LogP contribution < -0.4 is 25.0 Å². The highest BCUT2D eigenvalue weighted by molar-refractivity contribution is 5.80. The maximum atomic E-state index is 12.8. The minimum Gasteiger partial charge on any atom is -0.497 e. The van der Waals surface area contributed by atoms with E-state index in [2.05, 4.69) is 30.2 Å². The zero-order valence-corrected chi connectivity index (χ0v) is 18.8. The summed E-state index contributed by atoms with van der Waals surface area (Å²) < 4.78 is 35.4. The Morgan fingerprint density at radius 1 is 1.25 bits per heavy atom. The van der Waals surface area contributed by atoms with Crippen LogP contribution in [0.15, 0.2) is 41.4 Å². The summed E-state index contributed by atoms with van der Waals surface area (Å²) >= 11 is 0. The molecule has 0 radical (unpaired) electrons. The van der Waals surface area contributed by atoms with Gasteiger partial charge in [0, 0.05) is 43.0 Å². The molecule has 0 aliphatic carbocycles. The van der Waals surface area contributed by atoms with Crippen LogP contribution in [0, 0.1) is 6.92 Å². The molecule has 0 atom stereocenters. The lowest BCUT2D eigenvalue weighted by molar-refractivity contribution is -0.0505. The van der Waals surface area contributed by atoms with E-state index in [1.54, 1.807) is 12.1 Å². The van der Waals surface area contributed by atoms with Gasteiger partial charge in [-0.2, -0.15) is 8.78 Å². The molecule has 0 amide bonds. The van der Waals surface area contributed by atoms with E-state index in [0.29, 0.717) is 23.8 Å². The Bertz CT molecular complexity index is 902. The molecule has 2 N–H and O–H groups in total. The van der Waals surface area contributed by atoms with Gasteiger partial charge in [-0.25, -0.2) is 9.98 Å². The van der Waals surface area contributed by atoms with E-state index in [4.69, 9.17) is 4.74 Å². The van der Waals surface area contributed by atoms with E-state index >= 15 is 0 Å². The van der Waals surface area contributed by atoms with E-state index in [1.807, 2.05) is 32.0 Å². The minimum atomic E-state index is -2.91. The van der Waals surface area contributed by atoms with Crippen molar-refractivity contribution in [2.24, 2.45) is 4.99 Å². The first-order chi connectivity index (χ1) is 15.5. The molecular formula is C23H31F2N5O2. The second-order valence-corrected chi connectivity index (χ2v) is 7.59. The van der Waals surface area contributed by atoms with Gasteiger partial charge in [0.05, 0.1) is 13.7 Å². The molecule has 0 spiro atoms. The standard InChI is InChI=1S/C23H31F2N5O2/c1-4-26-23(27-15-17-8-9-19(31-3)14-20(17)32-22(24)25)29-18-10-12-30(13-11-18)21-7-5-6-16(2)28-21/h5-9,14,18,22H,4,10-13,15H2,1-3H3,(H2,26,27,29). The second kappa shape index (κ2) is 11.5. The minimum absolute atomic E-state index is 0.0675. The van der Waals surface area contributed by atoms with Gasteiger partial charge in [-0.15, -0.1) is 0 Å². The Hall–Kier alpha value is -3.10. The highest BCUT2D eigenvalue weighted by atomic mass is 19.3. The first-order valence-electron chi connectivity index (χ1n) is 10.8. The number of hydrogen-bond acceptors (Lipinski definition) is 5.